The summed E-state index contributed by atoms with van der Waals surface area (Å²) in [6, 6.07) is 0. The summed E-state index contributed by atoms with van der Waals surface area (Å²) in [5.74, 6) is 0. The zero-order valence-corrected chi connectivity index (χ0v) is 9.63. The standard InChI is InChI=1S/C10H11N3OS/c1-6-9(7(2)13(3)12-6)10-11-4-8(5-14)15-10/h4-5H,1-3H3. The minimum atomic E-state index is 0.646. The Balaban J connectivity index is 2.57. The van der Waals surface area contributed by atoms with E-state index < -0.39 is 0 Å². The van der Waals surface area contributed by atoms with Crippen LogP contribution in [0.4, 0.5) is 0 Å². The molecule has 2 aromatic heterocycles. The summed E-state index contributed by atoms with van der Waals surface area (Å²) in [6.45, 7) is 3.95. The van der Waals surface area contributed by atoms with Crippen molar-refractivity contribution in [2.45, 2.75) is 13.8 Å². The lowest BCUT2D eigenvalue weighted by Gasteiger charge is -1.95. The molecule has 0 amide bonds. The molecule has 2 heterocycles. The third kappa shape index (κ3) is 1.59. The van der Waals surface area contributed by atoms with Gasteiger partial charge in [-0.25, -0.2) is 4.98 Å². The lowest BCUT2D eigenvalue weighted by atomic mass is 10.2. The molecule has 78 valence electrons. The summed E-state index contributed by atoms with van der Waals surface area (Å²) in [5.41, 5.74) is 3.05. The molecule has 5 heteroatoms. The van der Waals surface area contributed by atoms with Gasteiger partial charge in [-0.15, -0.1) is 11.3 Å². The van der Waals surface area contributed by atoms with E-state index in [2.05, 4.69) is 10.1 Å². The maximum Gasteiger partial charge on any atom is 0.161 e. The van der Waals surface area contributed by atoms with Crippen LogP contribution in [0.25, 0.3) is 10.6 Å². The lowest BCUT2D eigenvalue weighted by molar-refractivity contribution is 0.112. The van der Waals surface area contributed by atoms with Gasteiger partial charge in [-0.05, 0) is 13.8 Å². The molecule has 0 atom stereocenters. The van der Waals surface area contributed by atoms with Crippen LogP contribution < -0.4 is 0 Å². The minimum Gasteiger partial charge on any atom is -0.297 e. The Morgan fingerprint density at radius 1 is 1.47 bits per heavy atom. The van der Waals surface area contributed by atoms with E-state index in [0.717, 1.165) is 28.2 Å². The second kappa shape index (κ2) is 3.58. The van der Waals surface area contributed by atoms with Crippen LogP contribution >= 0.6 is 11.3 Å². The number of hydrogen-bond acceptors (Lipinski definition) is 4. The topological polar surface area (TPSA) is 47.8 Å². The Labute approximate surface area is 91.6 Å². The Bertz CT molecular complexity index is 513. The van der Waals surface area contributed by atoms with E-state index in [9.17, 15) is 4.79 Å². The van der Waals surface area contributed by atoms with Gasteiger partial charge in [0.1, 0.15) is 5.01 Å². The Hall–Kier alpha value is -1.49. The van der Waals surface area contributed by atoms with Gasteiger partial charge in [0, 0.05) is 18.9 Å². The van der Waals surface area contributed by atoms with Crippen molar-refractivity contribution < 1.29 is 4.79 Å². The number of carbonyl (C=O) groups is 1. The predicted octanol–water partition coefficient (Wildman–Crippen LogP) is 1.97. The van der Waals surface area contributed by atoms with Gasteiger partial charge in [0.05, 0.1) is 16.1 Å². The SMILES string of the molecule is Cc1nn(C)c(C)c1-c1ncc(C=O)s1. The Morgan fingerprint density at radius 3 is 2.67 bits per heavy atom. The van der Waals surface area contributed by atoms with Crippen LogP contribution in [0, 0.1) is 13.8 Å². The highest BCUT2D eigenvalue weighted by atomic mass is 32.1. The third-order valence-electron chi connectivity index (χ3n) is 2.36. The summed E-state index contributed by atoms with van der Waals surface area (Å²) >= 11 is 1.40. The van der Waals surface area contributed by atoms with Crippen LogP contribution in [0.3, 0.4) is 0 Å². The lowest BCUT2D eigenvalue weighted by Crippen LogP contribution is -1.92. The van der Waals surface area contributed by atoms with Crippen LogP contribution in [0.1, 0.15) is 21.1 Å². The zero-order chi connectivity index (χ0) is 11.0. The van der Waals surface area contributed by atoms with Crippen molar-refractivity contribution in [2.75, 3.05) is 0 Å². The van der Waals surface area contributed by atoms with Gasteiger partial charge in [0.25, 0.3) is 0 Å². The van der Waals surface area contributed by atoms with Crippen molar-refractivity contribution in [1.82, 2.24) is 14.8 Å². The Morgan fingerprint density at radius 2 is 2.20 bits per heavy atom. The van der Waals surface area contributed by atoms with Crippen LogP contribution in [0.5, 0.6) is 0 Å². The second-order valence-corrected chi connectivity index (χ2v) is 4.42. The normalized spacial score (nSPS) is 10.6. The van der Waals surface area contributed by atoms with E-state index >= 15 is 0 Å². The second-order valence-electron chi connectivity index (χ2n) is 3.36. The average molecular weight is 221 g/mol. The molecular formula is C10H11N3OS. The highest BCUT2D eigenvalue weighted by Gasteiger charge is 2.14. The summed E-state index contributed by atoms with van der Waals surface area (Å²) in [4.78, 5) is 15.4. The monoisotopic (exact) mass is 221 g/mol. The quantitative estimate of drug-likeness (QED) is 0.728. The molecule has 0 aliphatic rings. The molecule has 0 spiro atoms. The molecule has 0 fully saturated rings. The first-order chi connectivity index (χ1) is 7.13. The maximum atomic E-state index is 10.6. The maximum absolute atomic E-state index is 10.6. The summed E-state index contributed by atoms with van der Waals surface area (Å²) < 4.78 is 1.83. The van der Waals surface area contributed by atoms with Gasteiger partial charge in [-0.1, -0.05) is 0 Å². The predicted molar refractivity (Wildman–Crippen MR) is 59.2 cm³/mol. The van der Waals surface area contributed by atoms with Crippen molar-refractivity contribution in [2.24, 2.45) is 7.05 Å². The molecule has 0 unspecified atom stereocenters. The molecule has 0 saturated carbocycles. The number of nitrogens with zero attached hydrogens (tertiary/aromatic N) is 3. The molecule has 0 aliphatic heterocycles. The van der Waals surface area contributed by atoms with Gasteiger partial charge in [0.15, 0.2) is 6.29 Å². The fourth-order valence-electron chi connectivity index (χ4n) is 1.54. The summed E-state index contributed by atoms with van der Waals surface area (Å²) in [7, 11) is 1.90. The number of aldehydes is 1. The van der Waals surface area contributed by atoms with Crippen molar-refractivity contribution in [1.29, 1.82) is 0 Å². The van der Waals surface area contributed by atoms with Crippen molar-refractivity contribution in [3.63, 3.8) is 0 Å². The van der Waals surface area contributed by atoms with E-state index in [1.165, 1.54) is 11.3 Å². The van der Waals surface area contributed by atoms with Crippen LogP contribution in [-0.4, -0.2) is 21.1 Å². The number of rotatable bonds is 2. The van der Waals surface area contributed by atoms with Gasteiger partial charge < -0.3 is 0 Å². The van der Waals surface area contributed by atoms with Crippen LogP contribution in [0.15, 0.2) is 6.20 Å². The number of hydrogen-bond donors (Lipinski definition) is 0. The molecule has 0 aliphatic carbocycles. The van der Waals surface area contributed by atoms with Gasteiger partial charge in [-0.3, -0.25) is 9.48 Å². The van der Waals surface area contributed by atoms with Crippen molar-refractivity contribution >= 4 is 17.6 Å². The first-order valence-corrected chi connectivity index (χ1v) is 5.36. The highest BCUT2D eigenvalue weighted by Crippen LogP contribution is 2.29. The highest BCUT2D eigenvalue weighted by molar-refractivity contribution is 7.16. The number of aromatic nitrogens is 3. The molecule has 2 aromatic rings. The van der Waals surface area contributed by atoms with Crippen molar-refractivity contribution in [3.05, 3.63) is 22.5 Å². The van der Waals surface area contributed by atoms with Gasteiger partial charge in [0.2, 0.25) is 0 Å². The molecule has 4 nitrogen and oxygen atoms in total. The largest absolute Gasteiger partial charge is 0.297 e. The van der Waals surface area contributed by atoms with Crippen LogP contribution in [0.2, 0.25) is 0 Å². The molecule has 0 saturated heterocycles. The first kappa shape index (κ1) is 10.0. The number of thiazole rings is 1. The molecule has 0 aromatic carbocycles. The van der Waals surface area contributed by atoms with Crippen molar-refractivity contribution in [3.8, 4) is 10.6 Å². The van der Waals surface area contributed by atoms with Gasteiger partial charge in [-0.2, -0.15) is 5.10 Å². The average Bonchev–Trinajstić information content (AvgIpc) is 2.74. The van der Waals surface area contributed by atoms with E-state index in [1.807, 2.05) is 25.6 Å². The number of carbonyl (C=O) groups excluding carboxylic acids is 1. The molecular weight excluding hydrogens is 210 g/mol. The zero-order valence-electron chi connectivity index (χ0n) is 8.81. The fourth-order valence-corrected chi connectivity index (χ4v) is 2.42. The first-order valence-electron chi connectivity index (χ1n) is 4.55. The summed E-state index contributed by atoms with van der Waals surface area (Å²) in [6.07, 6.45) is 2.42. The van der Waals surface area contributed by atoms with E-state index in [4.69, 9.17) is 0 Å². The molecule has 0 radical (unpaired) electrons. The Kier molecular flexibility index (Phi) is 2.40. The summed E-state index contributed by atoms with van der Waals surface area (Å²) in [5, 5.41) is 5.18. The molecule has 0 N–H and O–H groups in total. The molecule has 0 bridgehead atoms. The molecule has 2 rings (SSSR count). The minimum absolute atomic E-state index is 0.646. The van der Waals surface area contributed by atoms with E-state index in [-0.39, 0.29) is 0 Å². The van der Waals surface area contributed by atoms with Crippen LogP contribution in [-0.2, 0) is 7.05 Å². The smallest absolute Gasteiger partial charge is 0.161 e. The molecule has 15 heavy (non-hydrogen) atoms. The van der Waals surface area contributed by atoms with E-state index in [1.54, 1.807) is 6.20 Å². The third-order valence-corrected chi connectivity index (χ3v) is 3.30. The number of aryl methyl sites for hydroxylation is 2. The van der Waals surface area contributed by atoms with Gasteiger partial charge >= 0.3 is 0 Å². The van der Waals surface area contributed by atoms with E-state index in [0.29, 0.717) is 4.88 Å². The fraction of sp³-hybridized carbons (Fsp3) is 0.300.